The molecule has 2 heterocycles. The standard InChI is InChI=1S/C18H22N2O5/c1-23-17(21)15-11-25-12-20(16(15)18(22)24-2)14-7-5-6-13(10-14)19-8-3-4-9-19/h5-7,10H,3-4,8-9,11-12H2,1-2H3. The fraction of sp³-hybridized carbons (Fsp3) is 0.444. The number of anilines is 2. The summed E-state index contributed by atoms with van der Waals surface area (Å²) in [7, 11) is 2.57. The Labute approximate surface area is 146 Å². The molecule has 0 radical (unpaired) electrons. The fourth-order valence-corrected chi connectivity index (χ4v) is 3.18. The first-order valence-corrected chi connectivity index (χ1v) is 8.25. The summed E-state index contributed by atoms with van der Waals surface area (Å²) < 4.78 is 15.2. The summed E-state index contributed by atoms with van der Waals surface area (Å²) in [4.78, 5) is 28.3. The van der Waals surface area contributed by atoms with Crippen LogP contribution in [0.4, 0.5) is 11.4 Å². The van der Waals surface area contributed by atoms with E-state index in [1.807, 2.05) is 24.3 Å². The van der Waals surface area contributed by atoms with Crippen molar-refractivity contribution in [1.82, 2.24) is 0 Å². The number of hydrogen-bond donors (Lipinski definition) is 0. The van der Waals surface area contributed by atoms with E-state index in [1.165, 1.54) is 27.1 Å². The average molecular weight is 346 g/mol. The maximum Gasteiger partial charge on any atom is 0.355 e. The van der Waals surface area contributed by atoms with Gasteiger partial charge >= 0.3 is 11.9 Å². The molecule has 2 aliphatic rings. The second-order valence-corrected chi connectivity index (χ2v) is 5.93. The smallest absolute Gasteiger partial charge is 0.355 e. The highest BCUT2D eigenvalue weighted by molar-refractivity contribution is 6.03. The van der Waals surface area contributed by atoms with E-state index in [0.29, 0.717) is 0 Å². The summed E-state index contributed by atoms with van der Waals surface area (Å²) in [5.74, 6) is -1.18. The summed E-state index contributed by atoms with van der Waals surface area (Å²) in [5.41, 5.74) is 2.18. The summed E-state index contributed by atoms with van der Waals surface area (Å²) >= 11 is 0. The minimum atomic E-state index is -0.596. The summed E-state index contributed by atoms with van der Waals surface area (Å²) in [6.07, 6.45) is 2.35. The molecule has 3 rings (SSSR count). The molecule has 0 amide bonds. The van der Waals surface area contributed by atoms with E-state index in [4.69, 9.17) is 14.2 Å². The summed E-state index contributed by atoms with van der Waals surface area (Å²) in [6, 6.07) is 7.86. The molecule has 7 nitrogen and oxygen atoms in total. The molecule has 0 saturated carbocycles. The van der Waals surface area contributed by atoms with Gasteiger partial charge in [0.2, 0.25) is 0 Å². The molecule has 25 heavy (non-hydrogen) atoms. The molecule has 0 aromatic heterocycles. The van der Waals surface area contributed by atoms with Crippen molar-refractivity contribution >= 4 is 23.3 Å². The van der Waals surface area contributed by atoms with Gasteiger partial charge in [0.05, 0.1) is 26.4 Å². The number of hydrogen-bond acceptors (Lipinski definition) is 7. The first-order valence-electron chi connectivity index (χ1n) is 8.25. The molecule has 0 bridgehead atoms. The topological polar surface area (TPSA) is 68.3 Å². The molecule has 1 aromatic rings. The Hall–Kier alpha value is -2.54. The van der Waals surface area contributed by atoms with Crippen LogP contribution in [-0.4, -0.2) is 52.6 Å². The van der Waals surface area contributed by atoms with Crippen LogP contribution in [0.15, 0.2) is 35.5 Å². The zero-order valence-corrected chi connectivity index (χ0v) is 14.5. The van der Waals surface area contributed by atoms with Gasteiger partial charge in [-0.2, -0.15) is 0 Å². The predicted molar refractivity (Wildman–Crippen MR) is 92.2 cm³/mol. The lowest BCUT2D eigenvalue weighted by atomic mass is 10.1. The van der Waals surface area contributed by atoms with Gasteiger partial charge in [0.1, 0.15) is 12.4 Å². The number of benzene rings is 1. The highest BCUT2D eigenvalue weighted by Gasteiger charge is 2.32. The van der Waals surface area contributed by atoms with Crippen LogP contribution in [0.2, 0.25) is 0 Å². The Morgan fingerprint density at radius 3 is 2.40 bits per heavy atom. The van der Waals surface area contributed by atoms with Crippen LogP contribution in [0.1, 0.15) is 12.8 Å². The van der Waals surface area contributed by atoms with Crippen LogP contribution in [0.5, 0.6) is 0 Å². The zero-order chi connectivity index (χ0) is 17.8. The van der Waals surface area contributed by atoms with Gasteiger partial charge < -0.3 is 24.0 Å². The molecule has 0 aliphatic carbocycles. The number of esters is 2. The molecule has 1 fully saturated rings. The van der Waals surface area contributed by atoms with Crippen LogP contribution in [0.25, 0.3) is 0 Å². The molecular weight excluding hydrogens is 324 g/mol. The van der Waals surface area contributed by atoms with Gasteiger partial charge in [-0.25, -0.2) is 9.59 Å². The SMILES string of the molecule is COC(=O)C1=C(C(=O)OC)N(c2cccc(N3CCCC3)c2)COC1. The largest absolute Gasteiger partial charge is 0.466 e. The fourth-order valence-electron chi connectivity index (χ4n) is 3.18. The first kappa shape index (κ1) is 17.3. The van der Waals surface area contributed by atoms with Crippen molar-refractivity contribution in [3.63, 3.8) is 0 Å². The second kappa shape index (κ2) is 7.57. The van der Waals surface area contributed by atoms with E-state index < -0.39 is 11.9 Å². The van der Waals surface area contributed by atoms with E-state index in [1.54, 1.807) is 4.90 Å². The van der Waals surface area contributed by atoms with Crippen LogP contribution in [0, 0.1) is 0 Å². The Balaban J connectivity index is 2.00. The monoisotopic (exact) mass is 346 g/mol. The number of ether oxygens (including phenoxy) is 3. The van der Waals surface area contributed by atoms with Gasteiger partial charge in [-0.1, -0.05) is 6.07 Å². The van der Waals surface area contributed by atoms with Crippen LogP contribution < -0.4 is 9.80 Å². The van der Waals surface area contributed by atoms with Gasteiger partial charge in [0.25, 0.3) is 0 Å². The molecule has 1 saturated heterocycles. The number of carbonyl (C=O) groups excluding carboxylic acids is 2. The van der Waals surface area contributed by atoms with Crippen molar-refractivity contribution < 1.29 is 23.8 Å². The lowest BCUT2D eigenvalue weighted by Gasteiger charge is -2.32. The molecule has 7 heteroatoms. The van der Waals surface area contributed by atoms with Crippen molar-refractivity contribution in [3.05, 3.63) is 35.5 Å². The second-order valence-electron chi connectivity index (χ2n) is 5.93. The lowest BCUT2D eigenvalue weighted by molar-refractivity contribution is -0.140. The van der Waals surface area contributed by atoms with Crippen molar-refractivity contribution in [2.75, 3.05) is 50.4 Å². The van der Waals surface area contributed by atoms with E-state index >= 15 is 0 Å². The van der Waals surface area contributed by atoms with Gasteiger partial charge in [0, 0.05) is 24.5 Å². The Kier molecular flexibility index (Phi) is 5.23. The van der Waals surface area contributed by atoms with Crippen LogP contribution >= 0.6 is 0 Å². The molecular formula is C18H22N2O5. The molecule has 0 N–H and O–H groups in total. The average Bonchev–Trinajstić information content (AvgIpc) is 3.21. The first-order chi connectivity index (χ1) is 12.2. The van der Waals surface area contributed by atoms with E-state index in [2.05, 4.69) is 4.90 Å². The third-order valence-electron chi connectivity index (χ3n) is 4.45. The van der Waals surface area contributed by atoms with Crippen molar-refractivity contribution in [2.24, 2.45) is 0 Å². The predicted octanol–water partition coefficient (Wildman–Crippen LogP) is 1.68. The Morgan fingerprint density at radius 1 is 1.04 bits per heavy atom. The van der Waals surface area contributed by atoms with E-state index in [-0.39, 0.29) is 24.6 Å². The minimum Gasteiger partial charge on any atom is -0.466 e. The number of nitrogens with zero attached hydrogens (tertiary/aromatic N) is 2. The van der Waals surface area contributed by atoms with Crippen molar-refractivity contribution in [2.45, 2.75) is 12.8 Å². The molecule has 0 spiro atoms. The summed E-state index contributed by atoms with van der Waals surface area (Å²) in [6.45, 7) is 2.22. The third kappa shape index (κ3) is 3.46. The van der Waals surface area contributed by atoms with Gasteiger partial charge in [0.15, 0.2) is 0 Å². The van der Waals surface area contributed by atoms with Gasteiger partial charge in [-0.05, 0) is 31.0 Å². The van der Waals surface area contributed by atoms with Crippen LogP contribution in [0.3, 0.4) is 0 Å². The highest BCUT2D eigenvalue weighted by Crippen LogP contribution is 2.30. The molecule has 134 valence electrons. The van der Waals surface area contributed by atoms with Crippen LogP contribution in [-0.2, 0) is 23.8 Å². The zero-order valence-electron chi connectivity index (χ0n) is 14.5. The maximum atomic E-state index is 12.3. The molecule has 2 aliphatic heterocycles. The van der Waals surface area contributed by atoms with E-state index in [9.17, 15) is 9.59 Å². The molecule has 0 unspecified atom stereocenters. The highest BCUT2D eigenvalue weighted by atomic mass is 16.5. The van der Waals surface area contributed by atoms with Gasteiger partial charge in [-0.15, -0.1) is 0 Å². The Bertz CT molecular complexity index is 694. The third-order valence-corrected chi connectivity index (χ3v) is 4.45. The maximum absolute atomic E-state index is 12.3. The van der Waals surface area contributed by atoms with Gasteiger partial charge in [-0.3, -0.25) is 0 Å². The van der Waals surface area contributed by atoms with Crippen molar-refractivity contribution in [3.8, 4) is 0 Å². The summed E-state index contributed by atoms with van der Waals surface area (Å²) in [5, 5.41) is 0. The molecule has 0 atom stereocenters. The lowest BCUT2D eigenvalue weighted by Crippen LogP contribution is -2.38. The Morgan fingerprint density at radius 2 is 1.72 bits per heavy atom. The van der Waals surface area contributed by atoms with E-state index in [0.717, 1.165) is 24.5 Å². The minimum absolute atomic E-state index is 0.0133. The quantitative estimate of drug-likeness (QED) is 0.768. The van der Waals surface area contributed by atoms with Crippen molar-refractivity contribution in [1.29, 1.82) is 0 Å². The number of rotatable bonds is 4. The number of methoxy groups -OCH3 is 2. The molecule has 1 aromatic carbocycles. The normalized spacial score (nSPS) is 17.7. The number of carbonyl (C=O) groups is 2.